The Bertz CT molecular complexity index is 823. The number of rotatable bonds is 8. The molecule has 0 aliphatic carbocycles. The lowest BCUT2D eigenvalue weighted by atomic mass is 10.2. The second-order valence-electron chi connectivity index (χ2n) is 8.67. The van der Waals surface area contributed by atoms with E-state index >= 15 is 0 Å². The number of nitrogens with one attached hydrogen (secondary N) is 2. The zero-order chi connectivity index (χ0) is 22.2. The van der Waals surface area contributed by atoms with Crippen LogP contribution in [0, 0.1) is 0 Å². The van der Waals surface area contributed by atoms with Crippen molar-refractivity contribution in [1.29, 1.82) is 0 Å². The molecule has 0 aromatic carbocycles. The monoisotopic (exact) mass is 439 g/mol. The van der Waals surface area contributed by atoms with E-state index in [0.29, 0.717) is 6.54 Å². The smallest absolute Gasteiger partial charge is 0.191 e. The fourth-order valence-electron chi connectivity index (χ4n) is 4.38. The van der Waals surface area contributed by atoms with Crippen LogP contribution in [0.15, 0.2) is 46.1 Å². The first-order valence-electron chi connectivity index (χ1n) is 11.9. The quantitative estimate of drug-likeness (QED) is 0.483. The predicted octanol–water partition coefficient (Wildman–Crippen LogP) is 2.32. The number of furan rings is 1. The molecule has 0 spiro atoms. The summed E-state index contributed by atoms with van der Waals surface area (Å²) in [7, 11) is 2.17. The van der Waals surface area contributed by atoms with Crippen molar-refractivity contribution >= 4 is 11.8 Å². The van der Waals surface area contributed by atoms with Gasteiger partial charge in [0, 0.05) is 45.5 Å². The lowest BCUT2D eigenvalue weighted by Gasteiger charge is -2.33. The lowest BCUT2D eigenvalue weighted by Crippen LogP contribution is -2.44. The standard InChI is InChI=1S/C24H37N7O/c1-3-25-24(28-19-21(22-7-6-16-32-22)30-10-4-5-11-30)27-18-20-8-9-23(26-17-20)31-14-12-29(2)13-15-31/h6-9,16-17,21H,3-5,10-15,18-19H2,1-2H3,(H2,25,27,28). The molecule has 2 fully saturated rings. The summed E-state index contributed by atoms with van der Waals surface area (Å²) in [6.07, 6.45) is 6.22. The summed E-state index contributed by atoms with van der Waals surface area (Å²) >= 11 is 0. The van der Waals surface area contributed by atoms with Gasteiger partial charge in [-0.2, -0.15) is 0 Å². The van der Waals surface area contributed by atoms with E-state index in [2.05, 4.69) is 62.5 Å². The van der Waals surface area contributed by atoms with Gasteiger partial charge in [-0.15, -0.1) is 0 Å². The van der Waals surface area contributed by atoms with Crippen LogP contribution in [0.5, 0.6) is 0 Å². The van der Waals surface area contributed by atoms with Crippen molar-refractivity contribution in [2.24, 2.45) is 4.99 Å². The van der Waals surface area contributed by atoms with Crippen molar-refractivity contribution in [2.45, 2.75) is 32.4 Å². The Balaban J connectivity index is 1.35. The second kappa shape index (κ2) is 11.3. The minimum atomic E-state index is 0.223. The third kappa shape index (κ3) is 6.01. The number of nitrogens with zero attached hydrogens (tertiary/aromatic N) is 5. The molecule has 4 heterocycles. The second-order valence-corrected chi connectivity index (χ2v) is 8.67. The van der Waals surface area contributed by atoms with Gasteiger partial charge in [-0.3, -0.25) is 4.90 Å². The van der Waals surface area contributed by atoms with Crippen molar-refractivity contribution < 1.29 is 4.42 Å². The van der Waals surface area contributed by atoms with Gasteiger partial charge in [0.1, 0.15) is 11.6 Å². The van der Waals surface area contributed by atoms with Gasteiger partial charge in [-0.05, 0) is 63.7 Å². The Kier molecular flexibility index (Phi) is 8.01. The van der Waals surface area contributed by atoms with Gasteiger partial charge in [0.15, 0.2) is 5.96 Å². The molecule has 8 nitrogen and oxygen atoms in total. The summed E-state index contributed by atoms with van der Waals surface area (Å²) < 4.78 is 5.74. The SMILES string of the molecule is CCNC(=NCc1ccc(N2CCN(C)CC2)nc1)NCC(c1ccco1)N1CCCC1. The Hall–Kier alpha value is -2.58. The highest BCUT2D eigenvalue weighted by Gasteiger charge is 2.25. The molecule has 8 heteroatoms. The highest BCUT2D eigenvalue weighted by molar-refractivity contribution is 5.79. The Morgan fingerprint density at radius 2 is 1.91 bits per heavy atom. The summed E-state index contributed by atoms with van der Waals surface area (Å²) in [5, 5.41) is 6.90. The molecule has 2 aromatic heterocycles. The first kappa shape index (κ1) is 22.6. The maximum atomic E-state index is 5.74. The van der Waals surface area contributed by atoms with E-state index in [9.17, 15) is 0 Å². The molecule has 2 aliphatic heterocycles. The number of likely N-dealkylation sites (N-methyl/N-ethyl adjacent to an activating group) is 1. The molecular weight excluding hydrogens is 402 g/mol. The van der Waals surface area contributed by atoms with Gasteiger partial charge < -0.3 is 24.9 Å². The molecule has 0 radical (unpaired) electrons. The summed E-state index contributed by atoms with van der Waals surface area (Å²) in [5.74, 6) is 2.90. The van der Waals surface area contributed by atoms with Crippen molar-refractivity contribution in [3.63, 3.8) is 0 Å². The van der Waals surface area contributed by atoms with E-state index in [0.717, 1.165) is 75.5 Å². The van der Waals surface area contributed by atoms with Gasteiger partial charge in [0.2, 0.25) is 0 Å². The molecule has 0 bridgehead atoms. The van der Waals surface area contributed by atoms with E-state index in [-0.39, 0.29) is 6.04 Å². The molecule has 2 saturated heterocycles. The van der Waals surface area contributed by atoms with Crippen LogP contribution in [0.1, 0.15) is 37.1 Å². The van der Waals surface area contributed by atoms with Crippen molar-refractivity contribution in [1.82, 2.24) is 25.4 Å². The number of aromatic nitrogens is 1. The lowest BCUT2D eigenvalue weighted by molar-refractivity contribution is 0.215. The summed E-state index contributed by atoms with van der Waals surface area (Å²) in [4.78, 5) is 16.7. The van der Waals surface area contributed by atoms with Crippen LogP contribution < -0.4 is 15.5 Å². The zero-order valence-corrected chi connectivity index (χ0v) is 19.5. The Morgan fingerprint density at radius 3 is 2.56 bits per heavy atom. The van der Waals surface area contributed by atoms with E-state index in [1.54, 1.807) is 6.26 Å². The highest BCUT2D eigenvalue weighted by atomic mass is 16.3. The molecule has 4 rings (SSSR count). The summed E-state index contributed by atoms with van der Waals surface area (Å²) in [6, 6.07) is 8.53. The zero-order valence-electron chi connectivity index (χ0n) is 19.5. The fourth-order valence-corrected chi connectivity index (χ4v) is 4.38. The molecule has 2 aliphatic rings. The number of aliphatic imine (C=N–C) groups is 1. The van der Waals surface area contributed by atoms with E-state index in [1.807, 2.05) is 12.3 Å². The molecule has 2 N–H and O–H groups in total. The molecule has 0 amide bonds. The van der Waals surface area contributed by atoms with Crippen LogP contribution >= 0.6 is 0 Å². The van der Waals surface area contributed by atoms with Crippen LogP contribution in [0.4, 0.5) is 5.82 Å². The van der Waals surface area contributed by atoms with Crippen molar-refractivity contribution in [2.75, 3.05) is 64.3 Å². The predicted molar refractivity (Wildman–Crippen MR) is 129 cm³/mol. The van der Waals surface area contributed by atoms with E-state index in [1.165, 1.54) is 12.8 Å². The van der Waals surface area contributed by atoms with Crippen molar-refractivity contribution in [3.8, 4) is 0 Å². The Morgan fingerprint density at radius 1 is 1.09 bits per heavy atom. The number of pyridine rings is 1. The largest absolute Gasteiger partial charge is 0.468 e. The number of hydrogen-bond acceptors (Lipinski definition) is 6. The van der Waals surface area contributed by atoms with Crippen LogP contribution in [-0.4, -0.2) is 80.1 Å². The Labute approximate surface area is 191 Å². The molecular formula is C24H37N7O. The minimum Gasteiger partial charge on any atom is -0.468 e. The number of piperazine rings is 1. The summed E-state index contributed by atoms with van der Waals surface area (Å²) in [6.45, 7) is 10.7. The van der Waals surface area contributed by atoms with E-state index in [4.69, 9.17) is 9.41 Å². The molecule has 2 aromatic rings. The van der Waals surface area contributed by atoms with Gasteiger partial charge in [-0.25, -0.2) is 9.98 Å². The number of anilines is 1. The fraction of sp³-hybridized carbons (Fsp3) is 0.583. The highest BCUT2D eigenvalue weighted by Crippen LogP contribution is 2.24. The van der Waals surface area contributed by atoms with Gasteiger partial charge >= 0.3 is 0 Å². The minimum absolute atomic E-state index is 0.223. The average Bonchev–Trinajstić information content (AvgIpc) is 3.54. The van der Waals surface area contributed by atoms with E-state index < -0.39 is 0 Å². The van der Waals surface area contributed by atoms with Crippen molar-refractivity contribution in [3.05, 3.63) is 48.0 Å². The molecule has 174 valence electrons. The molecule has 1 atom stereocenters. The maximum absolute atomic E-state index is 5.74. The number of guanidine groups is 1. The van der Waals surface area contributed by atoms with Crippen LogP contribution in [0.2, 0.25) is 0 Å². The third-order valence-corrected chi connectivity index (χ3v) is 6.32. The average molecular weight is 440 g/mol. The van der Waals surface area contributed by atoms with Gasteiger partial charge in [0.25, 0.3) is 0 Å². The number of likely N-dealkylation sites (tertiary alicyclic amines) is 1. The molecule has 32 heavy (non-hydrogen) atoms. The number of hydrogen-bond donors (Lipinski definition) is 2. The third-order valence-electron chi connectivity index (χ3n) is 6.32. The van der Waals surface area contributed by atoms with Crippen LogP contribution in [0.3, 0.4) is 0 Å². The molecule has 1 unspecified atom stereocenters. The summed E-state index contributed by atoms with van der Waals surface area (Å²) in [5.41, 5.74) is 1.11. The van der Waals surface area contributed by atoms with Crippen LogP contribution in [-0.2, 0) is 6.54 Å². The van der Waals surface area contributed by atoms with Gasteiger partial charge in [0.05, 0.1) is 18.8 Å². The molecule has 0 saturated carbocycles. The topological polar surface area (TPSA) is 72.2 Å². The van der Waals surface area contributed by atoms with Gasteiger partial charge in [-0.1, -0.05) is 6.07 Å². The maximum Gasteiger partial charge on any atom is 0.191 e. The first-order chi connectivity index (χ1) is 15.7. The first-order valence-corrected chi connectivity index (χ1v) is 11.9. The van der Waals surface area contributed by atoms with Crippen LogP contribution in [0.25, 0.3) is 0 Å². The normalized spacial score (nSPS) is 19.3.